The first kappa shape index (κ1) is 59.8. The van der Waals surface area contributed by atoms with Gasteiger partial charge in [0.25, 0.3) is 0 Å². The second-order valence-electron chi connectivity index (χ2n) is 18.1. The maximum atomic E-state index is 13.7. The Kier molecular flexibility index (Phi) is 31.6. The molecule has 1 aliphatic heterocycles. The normalized spacial score (nSPS) is 31.2. The zero-order valence-electron chi connectivity index (χ0n) is 39.7. The third-order valence-electron chi connectivity index (χ3n) is 12.3. The van der Waals surface area contributed by atoms with E-state index in [0.29, 0.717) is 32.1 Å². The highest BCUT2D eigenvalue weighted by atomic mass is 31.2. The summed E-state index contributed by atoms with van der Waals surface area (Å²) in [5.41, 5.74) is 0. The van der Waals surface area contributed by atoms with E-state index < -0.39 is 112 Å². The van der Waals surface area contributed by atoms with Crippen molar-refractivity contribution in [2.75, 3.05) is 13.2 Å². The number of cyclic esters (lactones) is 1. The van der Waals surface area contributed by atoms with Crippen molar-refractivity contribution in [3.63, 3.8) is 0 Å². The van der Waals surface area contributed by atoms with E-state index in [4.69, 9.17) is 18.5 Å². The summed E-state index contributed by atoms with van der Waals surface area (Å²) in [5, 5.41) is 78.5. The van der Waals surface area contributed by atoms with Crippen LogP contribution in [0.3, 0.4) is 0 Å². The van der Waals surface area contributed by atoms with Gasteiger partial charge in [-0.25, -0.2) is 4.57 Å². The van der Waals surface area contributed by atoms with Crippen molar-refractivity contribution >= 4 is 25.5 Å². The summed E-state index contributed by atoms with van der Waals surface area (Å²) in [6.07, 6.45) is 11.4. The zero-order chi connectivity index (χ0) is 48.7. The van der Waals surface area contributed by atoms with Crippen LogP contribution in [0.4, 0.5) is 0 Å². The number of phosphoric ester groups is 1. The SMILES string of the molecule is CCCCCCCC/C=C\CCCCCCCCCC(=O)O[C@@H]1COC(=O)CCC/C=C\C[C@@H]2[C@@H](O)[C@H](O)[C@@H](O)[C@H](OP(=O)(O)OC1)[C@H](O)[C@H](O)[C@@H](/C=C/[C@@H](O)CCCCC)C(=O)C[C@@H]2O. The van der Waals surface area contributed by atoms with E-state index in [2.05, 4.69) is 19.1 Å². The van der Waals surface area contributed by atoms with Crippen molar-refractivity contribution in [2.24, 2.45) is 11.8 Å². The summed E-state index contributed by atoms with van der Waals surface area (Å²) >= 11 is 0. The van der Waals surface area contributed by atoms with Crippen LogP contribution in [0.1, 0.15) is 174 Å². The van der Waals surface area contributed by atoms with Crippen LogP contribution in [0.25, 0.3) is 0 Å². The summed E-state index contributed by atoms with van der Waals surface area (Å²) in [6.45, 7) is 2.79. The third-order valence-corrected chi connectivity index (χ3v) is 13.3. The van der Waals surface area contributed by atoms with Gasteiger partial charge in [0.05, 0.1) is 36.9 Å². The molecule has 0 aromatic heterocycles. The molecule has 2 bridgehead atoms. The predicted molar refractivity (Wildman–Crippen MR) is 250 cm³/mol. The molecule has 2 rings (SSSR count). The first-order chi connectivity index (χ1) is 31.6. The highest BCUT2D eigenvalue weighted by Gasteiger charge is 2.49. The second kappa shape index (κ2) is 34.9. The van der Waals surface area contributed by atoms with E-state index >= 15 is 0 Å². The van der Waals surface area contributed by atoms with E-state index in [9.17, 15) is 59.6 Å². The lowest BCUT2D eigenvalue weighted by molar-refractivity contribution is -0.166. The Labute approximate surface area is 393 Å². The quantitative estimate of drug-likeness (QED) is 0.0215. The van der Waals surface area contributed by atoms with Crippen LogP contribution < -0.4 is 0 Å². The summed E-state index contributed by atoms with van der Waals surface area (Å²) in [7, 11) is -5.47. The number of carbonyl (C=O) groups is 3. The van der Waals surface area contributed by atoms with Crippen LogP contribution in [0.2, 0.25) is 0 Å². The van der Waals surface area contributed by atoms with Crippen molar-refractivity contribution in [3.05, 3.63) is 36.5 Å². The number of carbonyl (C=O) groups excluding carboxylic acids is 3. The van der Waals surface area contributed by atoms with Gasteiger partial charge < -0.3 is 50.1 Å². The van der Waals surface area contributed by atoms with E-state index in [0.717, 1.165) is 70.3 Å². The van der Waals surface area contributed by atoms with Crippen molar-refractivity contribution in [1.29, 1.82) is 0 Å². The highest BCUT2D eigenvalue weighted by molar-refractivity contribution is 7.47. The number of allylic oxidation sites excluding steroid dienone is 4. The lowest BCUT2D eigenvalue weighted by Gasteiger charge is -2.36. The molecule has 0 radical (unpaired) electrons. The van der Waals surface area contributed by atoms with Crippen molar-refractivity contribution in [3.8, 4) is 0 Å². The Morgan fingerprint density at radius 3 is 2.02 bits per heavy atom. The van der Waals surface area contributed by atoms with Crippen molar-refractivity contribution in [2.45, 2.75) is 229 Å². The Morgan fingerprint density at radius 1 is 0.773 bits per heavy atom. The van der Waals surface area contributed by atoms with Gasteiger partial charge in [-0.15, -0.1) is 0 Å². The van der Waals surface area contributed by atoms with Crippen LogP contribution in [0, 0.1) is 11.8 Å². The largest absolute Gasteiger partial charge is 0.472 e. The lowest BCUT2D eigenvalue weighted by Crippen LogP contribution is -2.55. The van der Waals surface area contributed by atoms with Gasteiger partial charge in [0, 0.05) is 25.2 Å². The van der Waals surface area contributed by atoms with Gasteiger partial charge in [-0.2, -0.15) is 0 Å². The predicted octanol–water partition coefficient (Wildman–Crippen LogP) is 6.76. The molecule has 1 unspecified atom stereocenters. The molecule has 8 N–H and O–H groups in total. The minimum atomic E-state index is -5.47. The maximum absolute atomic E-state index is 13.7. The topological polar surface area (TPSA) is 267 Å². The Balaban J connectivity index is 2.14. The molecule has 1 heterocycles. The monoisotopic (exact) mass is 961 g/mol. The van der Waals surface area contributed by atoms with Crippen LogP contribution in [-0.4, -0.2) is 127 Å². The van der Waals surface area contributed by atoms with E-state index in [1.54, 1.807) is 12.2 Å². The minimum absolute atomic E-state index is 0.0197. The molecule has 17 heteroatoms. The summed E-state index contributed by atoms with van der Waals surface area (Å²) in [6, 6.07) is 0. The molecule has 1 fully saturated rings. The number of aliphatic hydroxyl groups excluding tert-OH is 7. The molecular weight excluding hydrogens is 875 g/mol. The van der Waals surface area contributed by atoms with Gasteiger partial charge in [-0.3, -0.25) is 23.4 Å². The Morgan fingerprint density at radius 2 is 1.36 bits per heavy atom. The summed E-state index contributed by atoms with van der Waals surface area (Å²) < 4.78 is 34.7. The number of rotatable bonds is 24. The zero-order valence-corrected chi connectivity index (χ0v) is 40.6. The second-order valence-corrected chi connectivity index (χ2v) is 19.5. The Hall–Kier alpha value is -2.34. The minimum Gasteiger partial charge on any atom is -0.462 e. The third kappa shape index (κ3) is 24.8. The fourth-order valence-electron chi connectivity index (χ4n) is 8.17. The van der Waals surface area contributed by atoms with Gasteiger partial charge in [0.15, 0.2) is 6.10 Å². The number of aliphatic hydroxyl groups is 7. The number of phosphoric acid groups is 1. The highest BCUT2D eigenvalue weighted by Crippen LogP contribution is 2.47. The number of ether oxygens (including phenoxy) is 2. The lowest BCUT2D eigenvalue weighted by atomic mass is 9.83. The molecule has 2 aliphatic rings. The van der Waals surface area contributed by atoms with Crippen LogP contribution in [0.15, 0.2) is 36.5 Å². The van der Waals surface area contributed by atoms with Crippen LogP contribution in [-0.2, 0) is 37.5 Å². The molecule has 0 aromatic carbocycles. The fraction of sp³-hybridized carbons (Fsp3) is 0.816. The number of esters is 2. The number of ketones is 1. The van der Waals surface area contributed by atoms with Gasteiger partial charge in [-0.05, 0) is 57.8 Å². The Bertz CT molecular complexity index is 1470. The van der Waals surface area contributed by atoms with Gasteiger partial charge in [-0.1, -0.05) is 134 Å². The number of unbranched alkanes of at least 4 members (excludes halogenated alkanes) is 15. The van der Waals surface area contributed by atoms with E-state index in [1.165, 1.54) is 44.6 Å². The van der Waals surface area contributed by atoms with E-state index in [1.807, 2.05) is 6.92 Å². The molecule has 0 spiro atoms. The molecule has 66 heavy (non-hydrogen) atoms. The molecule has 1 aliphatic carbocycles. The average molecular weight is 961 g/mol. The first-order valence-electron chi connectivity index (χ1n) is 24.9. The molecule has 12 atom stereocenters. The molecular formula is C49H85O16P. The number of hydrogen-bond donors (Lipinski definition) is 8. The number of Topliss-reactive ketones (excluding diaryl/α,β-unsaturated/α-hetero) is 1. The molecule has 16 nitrogen and oxygen atoms in total. The van der Waals surface area contributed by atoms with Crippen molar-refractivity contribution in [1.82, 2.24) is 0 Å². The molecule has 1 saturated carbocycles. The first-order valence-corrected chi connectivity index (χ1v) is 26.4. The smallest absolute Gasteiger partial charge is 0.462 e. The number of fused-ring (bicyclic) bond motifs is 4. The van der Waals surface area contributed by atoms with Gasteiger partial charge in [0.1, 0.15) is 36.8 Å². The van der Waals surface area contributed by atoms with Gasteiger partial charge in [0.2, 0.25) is 0 Å². The maximum Gasteiger partial charge on any atom is 0.472 e. The van der Waals surface area contributed by atoms with Crippen LogP contribution >= 0.6 is 7.82 Å². The molecule has 382 valence electrons. The van der Waals surface area contributed by atoms with Crippen molar-refractivity contribution < 1.29 is 78.1 Å². The van der Waals surface area contributed by atoms with Gasteiger partial charge >= 0.3 is 19.8 Å². The van der Waals surface area contributed by atoms with Crippen LogP contribution in [0.5, 0.6) is 0 Å². The molecule has 0 amide bonds. The molecule has 0 aromatic rings. The molecule has 0 saturated heterocycles. The average Bonchev–Trinajstić information content (AvgIpc) is 3.28. The number of hydrogen-bond acceptors (Lipinski definition) is 15. The van der Waals surface area contributed by atoms with E-state index in [-0.39, 0.29) is 19.3 Å². The fourth-order valence-corrected chi connectivity index (χ4v) is 9.14. The standard InChI is InChI=1S/C49H85O16P/c1-3-5-7-8-9-10-11-12-13-14-15-16-17-18-19-20-26-30-43(54)64-37-34-62-42(53)29-25-22-21-24-28-38-40(51)33-41(52)39(32-31-36(50)27-23-6-4-2)45(56)47(58)49(48(59)46(57)44(38)55)65-66(60,61)63-35-37/h12-13,21,24,31-32,36-40,44-51,55-59H,3-11,14-20,22-23,25-30,33-35H2,1-2H3,(H,60,61)/b13-12-,24-21-,32-31+/t36-,37+,38-,39-,40-,44+,45+,46-,47+,48+,49+/m0/s1. The summed E-state index contributed by atoms with van der Waals surface area (Å²) in [5.74, 6) is -5.16. The summed E-state index contributed by atoms with van der Waals surface area (Å²) in [4.78, 5) is 50.2.